The minimum absolute atomic E-state index is 0.0109. The molecule has 0 radical (unpaired) electrons. The Balaban J connectivity index is 1.63. The number of halogens is 2. The lowest BCUT2D eigenvalue weighted by atomic mass is 9.96. The molecule has 0 unspecified atom stereocenters. The summed E-state index contributed by atoms with van der Waals surface area (Å²) in [5, 5.41) is 11.8. The molecule has 4 rings (SSSR count). The summed E-state index contributed by atoms with van der Waals surface area (Å²) >= 11 is 0. The molecule has 0 bridgehead atoms. The average molecular weight is 408 g/mol. The molecule has 1 saturated carbocycles. The van der Waals surface area contributed by atoms with Gasteiger partial charge in [0, 0.05) is 17.1 Å². The van der Waals surface area contributed by atoms with Crippen molar-refractivity contribution >= 4 is 16.8 Å². The molecule has 1 fully saturated rings. The fourth-order valence-electron chi connectivity index (χ4n) is 3.72. The Morgan fingerprint density at radius 3 is 2.80 bits per heavy atom. The fraction of sp³-hybridized carbons (Fsp3) is 0.273. The molecule has 0 spiro atoms. The van der Waals surface area contributed by atoms with E-state index in [0.717, 1.165) is 18.9 Å². The Morgan fingerprint density at radius 2 is 2.13 bits per heavy atom. The van der Waals surface area contributed by atoms with Crippen LogP contribution in [0.15, 0.2) is 35.3 Å². The molecular formula is C22H18F2N4O2. The van der Waals surface area contributed by atoms with Crippen LogP contribution in [0.1, 0.15) is 54.1 Å². The van der Waals surface area contributed by atoms with E-state index in [4.69, 9.17) is 5.26 Å². The van der Waals surface area contributed by atoms with E-state index in [9.17, 15) is 18.4 Å². The number of hydrogen-bond acceptors (Lipinski definition) is 4. The van der Waals surface area contributed by atoms with Gasteiger partial charge in [-0.15, -0.1) is 0 Å². The average Bonchev–Trinajstić information content (AvgIpc) is 3.53. The van der Waals surface area contributed by atoms with Gasteiger partial charge in [-0.3, -0.25) is 14.6 Å². The van der Waals surface area contributed by atoms with Crippen molar-refractivity contribution in [1.82, 2.24) is 15.3 Å². The monoisotopic (exact) mass is 408 g/mol. The molecule has 1 atom stereocenters. The number of aromatic nitrogens is 2. The molecular weight excluding hydrogens is 390 g/mol. The van der Waals surface area contributed by atoms with E-state index >= 15 is 0 Å². The molecule has 0 saturated heterocycles. The Labute approximate surface area is 170 Å². The van der Waals surface area contributed by atoms with Crippen molar-refractivity contribution in [1.29, 1.82) is 5.26 Å². The van der Waals surface area contributed by atoms with Crippen LogP contribution in [-0.2, 0) is 11.2 Å². The third kappa shape index (κ3) is 3.66. The van der Waals surface area contributed by atoms with Crippen molar-refractivity contribution in [3.05, 3.63) is 74.8 Å². The maximum atomic E-state index is 14.5. The van der Waals surface area contributed by atoms with E-state index in [1.54, 1.807) is 19.1 Å². The van der Waals surface area contributed by atoms with Gasteiger partial charge >= 0.3 is 0 Å². The summed E-state index contributed by atoms with van der Waals surface area (Å²) in [5.41, 5.74) is 0.853. The van der Waals surface area contributed by atoms with Crippen molar-refractivity contribution < 1.29 is 13.6 Å². The highest BCUT2D eigenvalue weighted by molar-refractivity contribution is 5.87. The van der Waals surface area contributed by atoms with Crippen molar-refractivity contribution in [2.24, 2.45) is 0 Å². The van der Waals surface area contributed by atoms with Crippen LogP contribution >= 0.6 is 0 Å². The highest BCUT2D eigenvalue weighted by Crippen LogP contribution is 2.44. The highest BCUT2D eigenvalue weighted by Gasteiger charge is 2.31. The van der Waals surface area contributed by atoms with Crippen LogP contribution in [0.25, 0.3) is 10.9 Å². The number of nitrogens with zero attached hydrogens (tertiary/aromatic N) is 2. The summed E-state index contributed by atoms with van der Waals surface area (Å²) in [6.45, 7) is 1.56. The van der Waals surface area contributed by atoms with Crippen molar-refractivity contribution in [2.75, 3.05) is 0 Å². The molecule has 3 aromatic rings. The van der Waals surface area contributed by atoms with Crippen LogP contribution in [0.4, 0.5) is 8.78 Å². The lowest BCUT2D eigenvalue weighted by molar-refractivity contribution is -0.121. The molecule has 0 aliphatic heterocycles. The predicted octanol–water partition coefficient (Wildman–Crippen LogP) is 3.37. The summed E-state index contributed by atoms with van der Waals surface area (Å²) in [5.74, 6) is -1.60. The van der Waals surface area contributed by atoms with Gasteiger partial charge < -0.3 is 10.3 Å². The van der Waals surface area contributed by atoms with Gasteiger partial charge in [-0.2, -0.15) is 5.26 Å². The number of fused-ring (bicyclic) bond motifs is 1. The van der Waals surface area contributed by atoms with E-state index in [1.165, 1.54) is 18.3 Å². The van der Waals surface area contributed by atoms with Gasteiger partial charge in [-0.1, -0.05) is 6.07 Å². The first-order chi connectivity index (χ1) is 14.4. The maximum Gasteiger partial charge on any atom is 0.252 e. The van der Waals surface area contributed by atoms with E-state index in [2.05, 4.69) is 15.3 Å². The van der Waals surface area contributed by atoms with Crippen molar-refractivity contribution in [2.45, 2.75) is 38.1 Å². The standard InChI is InChI=1S/C22H18F2N4O2/c1-11(21-16(24)7-12(9-25)10-26-21)27-18(29)8-14-19(13-5-6-13)20-15(23)3-2-4-17(20)28-22(14)30/h2-4,7,10-11,13H,5-6,8H2,1H3,(H,27,29)(H,28,30)/t11-/m0/s1. The first kappa shape index (κ1) is 19.7. The first-order valence-electron chi connectivity index (χ1n) is 9.57. The number of pyridine rings is 2. The van der Waals surface area contributed by atoms with Crippen LogP contribution in [0.3, 0.4) is 0 Å². The Kier molecular flexibility index (Phi) is 5.04. The SMILES string of the molecule is C[C@H](NC(=O)Cc1c(C2CC2)c2c(F)cccc2[nH]c1=O)c1ncc(C#N)cc1F. The molecule has 1 aliphatic rings. The number of amides is 1. The lowest BCUT2D eigenvalue weighted by Crippen LogP contribution is -2.31. The van der Waals surface area contributed by atoms with E-state index in [-0.39, 0.29) is 29.2 Å². The maximum absolute atomic E-state index is 14.5. The predicted molar refractivity (Wildman–Crippen MR) is 106 cm³/mol. The molecule has 152 valence electrons. The summed E-state index contributed by atoms with van der Waals surface area (Å²) in [7, 11) is 0. The number of nitriles is 1. The van der Waals surface area contributed by atoms with Gasteiger partial charge in [0.2, 0.25) is 5.91 Å². The quantitative estimate of drug-likeness (QED) is 0.676. The number of aromatic amines is 1. The minimum Gasteiger partial charge on any atom is -0.348 e. The minimum atomic E-state index is -0.772. The lowest BCUT2D eigenvalue weighted by Gasteiger charge is -2.16. The van der Waals surface area contributed by atoms with Gasteiger partial charge in [0.25, 0.3) is 5.56 Å². The zero-order valence-corrected chi connectivity index (χ0v) is 16.1. The summed E-state index contributed by atoms with van der Waals surface area (Å²) < 4.78 is 28.7. The van der Waals surface area contributed by atoms with Gasteiger partial charge in [0.1, 0.15) is 17.7 Å². The first-order valence-corrected chi connectivity index (χ1v) is 9.57. The number of carbonyl (C=O) groups excluding carboxylic acids is 1. The van der Waals surface area contributed by atoms with Gasteiger partial charge in [0.05, 0.1) is 29.2 Å². The smallest absolute Gasteiger partial charge is 0.252 e. The Hall–Kier alpha value is -3.60. The third-order valence-electron chi connectivity index (χ3n) is 5.24. The van der Waals surface area contributed by atoms with Crippen LogP contribution in [0, 0.1) is 23.0 Å². The van der Waals surface area contributed by atoms with Crippen molar-refractivity contribution in [3.8, 4) is 6.07 Å². The molecule has 8 heteroatoms. The third-order valence-corrected chi connectivity index (χ3v) is 5.24. The van der Waals surface area contributed by atoms with Gasteiger partial charge in [-0.25, -0.2) is 8.78 Å². The Morgan fingerprint density at radius 1 is 1.37 bits per heavy atom. The molecule has 2 aromatic heterocycles. The van der Waals surface area contributed by atoms with Crippen LogP contribution in [0.5, 0.6) is 0 Å². The second-order valence-electron chi connectivity index (χ2n) is 7.45. The highest BCUT2D eigenvalue weighted by atomic mass is 19.1. The zero-order valence-electron chi connectivity index (χ0n) is 16.1. The van der Waals surface area contributed by atoms with E-state index in [1.807, 2.05) is 0 Å². The molecule has 2 N–H and O–H groups in total. The van der Waals surface area contributed by atoms with Gasteiger partial charge in [0.15, 0.2) is 0 Å². The van der Waals surface area contributed by atoms with E-state index in [0.29, 0.717) is 16.5 Å². The number of H-pyrrole nitrogens is 1. The molecule has 1 amide bonds. The Bertz CT molecular complexity index is 1260. The summed E-state index contributed by atoms with van der Waals surface area (Å²) in [6, 6.07) is 6.57. The molecule has 1 aromatic carbocycles. The van der Waals surface area contributed by atoms with Crippen LogP contribution in [-0.4, -0.2) is 15.9 Å². The molecule has 2 heterocycles. The topological polar surface area (TPSA) is 98.6 Å². The number of carbonyl (C=O) groups is 1. The number of nitrogens with one attached hydrogen (secondary N) is 2. The van der Waals surface area contributed by atoms with Crippen LogP contribution in [0.2, 0.25) is 0 Å². The molecule has 1 aliphatic carbocycles. The number of rotatable bonds is 5. The second kappa shape index (κ2) is 7.67. The molecule has 6 nitrogen and oxygen atoms in total. The van der Waals surface area contributed by atoms with Gasteiger partial charge in [-0.05, 0) is 49.4 Å². The summed E-state index contributed by atoms with van der Waals surface area (Å²) in [4.78, 5) is 31.9. The normalized spacial score (nSPS) is 14.3. The zero-order chi connectivity index (χ0) is 21.4. The fourth-order valence-corrected chi connectivity index (χ4v) is 3.72. The number of hydrogen-bond donors (Lipinski definition) is 2. The van der Waals surface area contributed by atoms with E-state index < -0.39 is 29.1 Å². The van der Waals surface area contributed by atoms with Crippen molar-refractivity contribution in [3.63, 3.8) is 0 Å². The summed E-state index contributed by atoms with van der Waals surface area (Å²) in [6.07, 6.45) is 2.63. The largest absolute Gasteiger partial charge is 0.348 e. The second-order valence-corrected chi connectivity index (χ2v) is 7.45. The molecule has 30 heavy (non-hydrogen) atoms. The number of benzene rings is 1. The van der Waals surface area contributed by atoms with Crippen LogP contribution < -0.4 is 10.9 Å².